The minimum absolute atomic E-state index is 0. The number of aliphatic imine (C=N–C) groups is 1. The van der Waals surface area contributed by atoms with Gasteiger partial charge in [-0.3, -0.25) is 4.99 Å². The molecule has 0 aromatic carbocycles. The Morgan fingerprint density at radius 1 is 1.32 bits per heavy atom. The fourth-order valence-electron chi connectivity index (χ4n) is 3.15. The third-order valence-corrected chi connectivity index (χ3v) is 5.87. The van der Waals surface area contributed by atoms with Crippen LogP contribution in [0.15, 0.2) is 22.5 Å². The molecule has 1 aromatic heterocycles. The smallest absolute Gasteiger partial charge is 0.191 e. The SMILES string of the molecule is CCCN1CCC(NC(=NCC(C)(C)c2cccs2)NCC)CC1.I. The Hall–Kier alpha value is -0.340. The van der Waals surface area contributed by atoms with Crippen molar-refractivity contribution in [3.63, 3.8) is 0 Å². The van der Waals surface area contributed by atoms with E-state index in [2.05, 4.69) is 60.7 Å². The molecule has 1 aliphatic rings. The highest BCUT2D eigenvalue weighted by Gasteiger charge is 2.23. The van der Waals surface area contributed by atoms with Gasteiger partial charge in [0.1, 0.15) is 0 Å². The molecule has 0 aliphatic carbocycles. The lowest BCUT2D eigenvalue weighted by molar-refractivity contribution is 0.206. The third kappa shape index (κ3) is 7.43. The quantitative estimate of drug-likeness (QED) is 0.353. The summed E-state index contributed by atoms with van der Waals surface area (Å²) in [5.74, 6) is 0.969. The molecule has 4 nitrogen and oxygen atoms in total. The van der Waals surface area contributed by atoms with Gasteiger partial charge in [0.05, 0.1) is 6.54 Å². The Morgan fingerprint density at radius 3 is 2.60 bits per heavy atom. The summed E-state index contributed by atoms with van der Waals surface area (Å²) >= 11 is 1.82. The van der Waals surface area contributed by atoms with Gasteiger partial charge in [0.15, 0.2) is 5.96 Å². The van der Waals surface area contributed by atoms with Crippen LogP contribution in [-0.2, 0) is 5.41 Å². The van der Waals surface area contributed by atoms with Crippen LogP contribution < -0.4 is 10.6 Å². The second-order valence-electron chi connectivity index (χ2n) is 7.32. The highest BCUT2D eigenvalue weighted by atomic mass is 127. The molecule has 0 unspecified atom stereocenters. The lowest BCUT2D eigenvalue weighted by atomic mass is 9.92. The Kier molecular flexibility index (Phi) is 10.3. The molecule has 1 fully saturated rings. The zero-order valence-corrected chi connectivity index (χ0v) is 19.3. The van der Waals surface area contributed by atoms with Crippen LogP contribution in [0.5, 0.6) is 0 Å². The second kappa shape index (κ2) is 11.4. The minimum Gasteiger partial charge on any atom is -0.357 e. The minimum atomic E-state index is 0. The summed E-state index contributed by atoms with van der Waals surface area (Å²) in [5.41, 5.74) is 0.0843. The predicted octanol–water partition coefficient (Wildman–Crippen LogP) is 4.07. The zero-order chi connectivity index (χ0) is 17.4. The van der Waals surface area contributed by atoms with Crippen molar-refractivity contribution in [3.05, 3.63) is 22.4 Å². The van der Waals surface area contributed by atoms with E-state index in [9.17, 15) is 0 Å². The zero-order valence-electron chi connectivity index (χ0n) is 16.2. The van der Waals surface area contributed by atoms with Gasteiger partial charge in [0.2, 0.25) is 0 Å². The molecule has 1 aliphatic heterocycles. The highest BCUT2D eigenvalue weighted by molar-refractivity contribution is 14.0. The summed E-state index contributed by atoms with van der Waals surface area (Å²) in [7, 11) is 0. The molecule has 1 saturated heterocycles. The maximum Gasteiger partial charge on any atom is 0.191 e. The monoisotopic (exact) mass is 478 g/mol. The molecule has 0 amide bonds. The van der Waals surface area contributed by atoms with Gasteiger partial charge in [-0.05, 0) is 44.2 Å². The first-order valence-electron chi connectivity index (χ1n) is 9.36. The van der Waals surface area contributed by atoms with Crippen LogP contribution in [0, 0.1) is 0 Å². The number of likely N-dealkylation sites (tertiary alicyclic amines) is 1. The van der Waals surface area contributed by atoms with E-state index < -0.39 is 0 Å². The van der Waals surface area contributed by atoms with Crippen molar-refractivity contribution >= 4 is 41.3 Å². The summed E-state index contributed by atoms with van der Waals surface area (Å²) in [4.78, 5) is 8.85. The highest BCUT2D eigenvalue weighted by Crippen LogP contribution is 2.27. The molecule has 144 valence electrons. The Bertz CT molecular complexity index is 494. The number of piperidine rings is 1. The summed E-state index contributed by atoms with van der Waals surface area (Å²) in [6.07, 6.45) is 3.66. The van der Waals surface area contributed by atoms with Gasteiger partial charge < -0.3 is 15.5 Å². The Labute approximate surface area is 174 Å². The van der Waals surface area contributed by atoms with Gasteiger partial charge in [-0.25, -0.2) is 0 Å². The lowest BCUT2D eigenvalue weighted by Gasteiger charge is -2.33. The molecule has 6 heteroatoms. The van der Waals surface area contributed by atoms with Gasteiger partial charge in [-0.1, -0.05) is 26.8 Å². The van der Waals surface area contributed by atoms with Crippen LogP contribution in [0.3, 0.4) is 0 Å². The largest absolute Gasteiger partial charge is 0.357 e. The second-order valence-corrected chi connectivity index (χ2v) is 8.26. The predicted molar refractivity (Wildman–Crippen MR) is 122 cm³/mol. The van der Waals surface area contributed by atoms with Crippen molar-refractivity contribution in [3.8, 4) is 0 Å². The summed E-state index contributed by atoms with van der Waals surface area (Å²) in [6.45, 7) is 14.3. The van der Waals surface area contributed by atoms with Crippen LogP contribution >= 0.6 is 35.3 Å². The number of guanidine groups is 1. The molecule has 2 N–H and O–H groups in total. The number of rotatable bonds is 7. The van der Waals surface area contributed by atoms with E-state index in [0.717, 1.165) is 19.0 Å². The van der Waals surface area contributed by atoms with E-state index in [1.54, 1.807) is 0 Å². The first-order chi connectivity index (χ1) is 11.5. The van der Waals surface area contributed by atoms with E-state index >= 15 is 0 Å². The fourth-order valence-corrected chi connectivity index (χ4v) is 3.99. The van der Waals surface area contributed by atoms with Crippen LogP contribution in [0.25, 0.3) is 0 Å². The first-order valence-corrected chi connectivity index (χ1v) is 10.2. The van der Waals surface area contributed by atoms with E-state index in [1.807, 2.05) is 11.3 Å². The van der Waals surface area contributed by atoms with Crippen molar-refractivity contribution < 1.29 is 0 Å². The summed E-state index contributed by atoms with van der Waals surface area (Å²) in [5, 5.41) is 9.21. The van der Waals surface area contributed by atoms with E-state index in [4.69, 9.17) is 4.99 Å². The third-order valence-electron chi connectivity index (χ3n) is 4.63. The average molecular weight is 478 g/mol. The van der Waals surface area contributed by atoms with Crippen LogP contribution in [0.1, 0.15) is 51.8 Å². The normalized spacial score (nSPS) is 17.2. The number of nitrogens with zero attached hydrogens (tertiary/aromatic N) is 2. The first kappa shape index (κ1) is 22.7. The summed E-state index contributed by atoms with van der Waals surface area (Å²) in [6, 6.07) is 4.88. The molecule has 2 rings (SSSR count). The fraction of sp³-hybridized carbons (Fsp3) is 0.737. The van der Waals surface area contributed by atoms with E-state index in [-0.39, 0.29) is 29.4 Å². The van der Waals surface area contributed by atoms with Crippen molar-refractivity contribution in [2.24, 2.45) is 4.99 Å². The molecule has 0 spiro atoms. The maximum atomic E-state index is 4.88. The molecule has 0 atom stereocenters. The standard InChI is InChI=1S/C19H34N4S.HI/c1-5-11-23-12-9-16(10-13-23)22-18(20-6-2)21-15-19(3,4)17-8-7-14-24-17;/h7-8,14,16H,5-6,9-13,15H2,1-4H3,(H2,20,21,22);1H. The number of hydrogen-bond donors (Lipinski definition) is 2. The van der Waals surface area contributed by atoms with Crippen LogP contribution in [0.2, 0.25) is 0 Å². The van der Waals surface area contributed by atoms with E-state index in [1.165, 1.54) is 43.8 Å². The number of halogens is 1. The Balaban J connectivity index is 0.00000312. The van der Waals surface area contributed by atoms with Gasteiger partial charge >= 0.3 is 0 Å². The van der Waals surface area contributed by atoms with Gasteiger partial charge in [-0.15, -0.1) is 35.3 Å². The summed E-state index contributed by atoms with van der Waals surface area (Å²) < 4.78 is 0. The average Bonchev–Trinajstić information content (AvgIpc) is 3.10. The molecular formula is C19H35IN4S. The molecule has 0 bridgehead atoms. The van der Waals surface area contributed by atoms with Crippen molar-refractivity contribution in [1.29, 1.82) is 0 Å². The maximum absolute atomic E-state index is 4.88. The van der Waals surface area contributed by atoms with Crippen molar-refractivity contribution in [2.45, 2.75) is 58.4 Å². The topological polar surface area (TPSA) is 39.7 Å². The molecule has 2 heterocycles. The molecule has 0 saturated carbocycles. The van der Waals surface area contributed by atoms with Crippen molar-refractivity contribution in [2.75, 3.05) is 32.7 Å². The lowest BCUT2D eigenvalue weighted by Crippen LogP contribution is -2.49. The van der Waals surface area contributed by atoms with Gasteiger partial charge in [-0.2, -0.15) is 0 Å². The molecule has 1 aromatic rings. The van der Waals surface area contributed by atoms with Gasteiger partial charge in [0.25, 0.3) is 0 Å². The van der Waals surface area contributed by atoms with E-state index in [0.29, 0.717) is 6.04 Å². The number of nitrogens with one attached hydrogen (secondary N) is 2. The molecule has 0 radical (unpaired) electrons. The van der Waals surface area contributed by atoms with Crippen molar-refractivity contribution in [1.82, 2.24) is 15.5 Å². The van der Waals surface area contributed by atoms with Crippen LogP contribution in [-0.4, -0.2) is 49.6 Å². The van der Waals surface area contributed by atoms with Crippen LogP contribution in [0.4, 0.5) is 0 Å². The Morgan fingerprint density at radius 2 is 2.04 bits per heavy atom. The number of thiophene rings is 1. The molecular weight excluding hydrogens is 443 g/mol. The number of hydrogen-bond acceptors (Lipinski definition) is 3. The molecule has 25 heavy (non-hydrogen) atoms. The van der Waals surface area contributed by atoms with Gasteiger partial charge in [0, 0.05) is 36.0 Å².